The molecule has 0 unspecified atom stereocenters. The zero-order valence-corrected chi connectivity index (χ0v) is 7.89. The van der Waals surface area contributed by atoms with Gasteiger partial charge in [0.05, 0.1) is 0 Å². The highest BCUT2D eigenvalue weighted by Crippen LogP contribution is 2.50. The summed E-state index contributed by atoms with van der Waals surface area (Å²) in [6, 6.07) is 0. The molecule has 2 atom stereocenters. The summed E-state index contributed by atoms with van der Waals surface area (Å²) in [4.78, 5) is 11.5. The first kappa shape index (κ1) is 8.03. The molecule has 12 heavy (non-hydrogen) atoms. The van der Waals surface area contributed by atoms with E-state index in [1.807, 2.05) is 6.08 Å². The summed E-state index contributed by atoms with van der Waals surface area (Å²) in [5, 5.41) is 0. The van der Waals surface area contributed by atoms with Crippen LogP contribution in [0.15, 0.2) is 11.6 Å². The van der Waals surface area contributed by atoms with E-state index in [4.69, 9.17) is 0 Å². The van der Waals surface area contributed by atoms with E-state index in [0.29, 0.717) is 5.78 Å². The van der Waals surface area contributed by atoms with Gasteiger partial charge in [-0.05, 0) is 30.8 Å². The van der Waals surface area contributed by atoms with Crippen molar-refractivity contribution in [1.29, 1.82) is 0 Å². The van der Waals surface area contributed by atoms with Gasteiger partial charge in [0.25, 0.3) is 0 Å². The van der Waals surface area contributed by atoms with Crippen molar-refractivity contribution in [3.8, 4) is 0 Å². The fraction of sp³-hybridized carbons (Fsp3) is 0.727. The Balaban J connectivity index is 2.35. The number of allylic oxidation sites excluding steroid dienone is 2. The summed E-state index contributed by atoms with van der Waals surface area (Å²) in [7, 11) is 0. The second-order valence-electron chi connectivity index (χ2n) is 4.42. The van der Waals surface area contributed by atoms with E-state index in [2.05, 4.69) is 13.8 Å². The predicted octanol–water partition coefficient (Wildman–Crippen LogP) is 2.71. The fourth-order valence-electron chi connectivity index (χ4n) is 2.60. The molecule has 66 valence electrons. The van der Waals surface area contributed by atoms with Crippen LogP contribution in [0.3, 0.4) is 0 Å². The highest BCUT2D eigenvalue weighted by Gasteiger charge is 2.44. The zero-order valence-electron chi connectivity index (χ0n) is 7.89. The molecule has 2 rings (SSSR count). The van der Waals surface area contributed by atoms with Crippen LogP contribution in [0.2, 0.25) is 0 Å². The summed E-state index contributed by atoms with van der Waals surface area (Å²) in [5.74, 6) is 0.599. The van der Waals surface area contributed by atoms with E-state index in [1.165, 1.54) is 24.8 Å². The van der Waals surface area contributed by atoms with Gasteiger partial charge in [-0.15, -0.1) is 0 Å². The van der Waals surface area contributed by atoms with Crippen LogP contribution < -0.4 is 0 Å². The number of carbonyl (C=O) groups is 1. The Morgan fingerprint density at radius 3 is 2.92 bits per heavy atom. The smallest absolute Gasteiger partial charge is 0.159 e. The molecule has 0 aromatic heterocycles. The third kappa shape index (κ3) is 0.886. The zero-order chi connectivity index (χ0) is 8.77. The summed E-state index contributed by atoms with van der Waals surface area (Å²) >= 11 is 0. The van der Waals surface area contributed by atoms with Crippen LogP contribution in [0.1, 0.15) is 39.5 Å². The minimum absolute atomic E-state index is 0.231. The lowest BCUT2D eigenvalue weighted by molar-refractivity contribution is -0.119. The molecule has 0 amide bonds. The molecule has 0 heterocycles. The van der Waals surface area contributed by atoms with Gasteiger partial charge in [-0.2, -0.15) is 0 Å². The number of hydrogen-bond acceptors (Lipinski definition) is 1. The van der Waals surface area contributed by atoms with E-state index in [9.17, 15) is 4.79 Å². The Labute approximate surface area is 73.8 Å². The van der Waals surface area contributed by atoms with Crippen LogP contribution >= 0.6 is 0 Å². The van der Waals surface area contributed by atoms with Crippen molar-refractivity contribution in [1.82, 2.24) is 0 Å². The van der Waals surface area contributed by atoms with Gasteiger partial charge in [0.15, 0.2) is 5.78 Å². The Hall–Kier alpha value is -0.590. The molecule has 1 heteroatoms. The second-order valence-corrected chi connectivity index (χ2v) is 4.42. The molecule has 0 aromatic carbocycles. The molecular weight excluding hydrogens is 148 g/mol. The molecule has 1 fully saturated rings. The molecule has 1 saturated carbocycles. The van der Waals surface area contributed by atoms with Crippen LogP contribution in [-0.4, -0.2) is 5.78 Å². The minimum Gasteiger partial charge on any atom is -0.295 e. The summed E-state index contributed by atoms with van der Waals surface area (Å²) in [6.07, 6.45) is 6.86. The van der Waals surface area contributed by atoms with Gasteiger partial charge in [0.1, 0.15) is 0 Å². The molecule has 0 bridgehead atoms. The van der Waals surface area contributed by atoms with Crippen molar-refractivity contribution in [2.24, 2.45) is 11.3 Å². The highest BCUT2D eigenvalue weighted by atomic mass is 16.1. The van der Waals surface area contributed by atoms with Crippen LogP contribution in [-0.2, 0) is 4.79 Å². The third-order valence-electron chi connectivity index (χ3n) is 3.82. The van der Waals surface area contributed by atoms with Crippen molar-refractivity contribution in [2.75, 3.05) is 0 Å². The van der Waals surface area contributed by atoms with Crippen LogP contribution in [0.25, 0.3) is 0 Å². The van der Waals surface area contributed by atoms with E-state index in [0.717, 1.165) is 6.42 Å². The normalized spacial score (nSPS) is 41.0. The number of ketones is 1. The van der Waals surface area contributed by atoms with Gasteiger partial charge < -0.3 is 0 Å². The Kier molecular flexibility index (Phi) is 1.64. The standard InChI is InChI=1S/C11H16O/c1-8-10(12)7-9-5-3-4-6-11(8,9)2/h7-8H,3-6H2,1-2H3/t8-,11+/m1/s1. The molecule has 2 aliphatic carbocycles. The van der Waals surface area contributed by atoms with Gasteiger partial charge in [-0.25, -0.2) is 0 Å². The molecular formula is C11H16O. The van der Waals surface area contributed by atoms with Crippen molar-refractivity contribution in [3.05, 3.63) is 11.6 Å². The largest absolute Gasteiger partial charge is 0.295 e. The van der Waals surface area contributed by atoms with E-state index in [1.54, 1.807) is 0 Å². The lowest BCUT2D eigenvalue weighted by atomic mass is 9.68. The topological polar surface area (TPSA) is 17.1 Å². The molecule has 0 spiro atoms. The van der Waals surface area contributed by atoms with E-state index >= 15 is 0 Å². The van der Waals surface area contributed by atoms with E-state index in [-0.39, 0.29) is 11.3 Å². The summed E-state index contributed by atoms with van der Waals surface area (Å²) in [6.45, 7) is 4.34. The average Bonchev–Trinajstić information content (AvgIpc) is 2.28. The van der Waals surface area contributed by atoms with Gasteiger partial charge in [-0.1, -0.05) is 25.8 Å². The van der Waals surface area contributed by atoms with Gasteiger partial charge in [0.2, 0.25) is 0 Å². The van der Waals surface area contributed by atoms with Crippen molar-refractivity contribution in [2.45, 2.75) is 39.5 Å². The van der Waals surface area contributed by atoms with Crippen molar-refractivity contribution >= 4 is 5.78 Å². The molecule has 0 saturated heterocycles. The maximum Gasteiger partial charge on any atom is 0.159 e. The van der Waals surface area contributed by atoms with Crippen molar-refractivity contribution < 1.29 is 4.79 Å². The third-order valence-corrected chi connectivity index (χ3v) is 3.82. The molecule has 0 N–H and O–H groups in total. The molecule has 2 aliphatic rings. The number of rotatable bonds is 0. The van der Waals surface area contributed by atoms with E-state index < -0.39 is 0 Å². The fourth-order valence-corrected chi connectivity index (χ4v) is 2.60. The Bertz CT molecular complexity index is 252. The monoisotopic (exact) mass is 164 g/mol. The number of fused-ring (bicyclic) bond motifs is 1. The predicted molar refractivity (Wildman–Crippen MR) is 48.8 cm³/mol. The van der Waals surface area contributed by atoms with Crippen molar-refractivity contribution in [3.63, 3.8) is 0 Å². The van der Waals surface area contributed by atoms with Gasteiger partial charge in [-0.3, -0.25) is 4.79 Å². The molecule has 0 aromatic rings. The summed E-state index contributed by atoms with van der Waals surface area (Å²) < 4.78 is 0. The minimum atomic E-state index is 0.231. The van der Waals surface area contributed by atoms with Gasteiger partial charge in [0, 0.05) is 5.92 Å². The average molecular weight is 164 g/mol. The molecule has 1 nitrogen and oxygen atoms in total. The molecule has 0 aliphatic heterocycles. The first-order valence-corrected chi connectivity index (χ1v) is 4.89. The maximum atomic E-state index is 11.5. The number of hydrogen-bond donors (Lipinski definition) is 0. The lowest BCUT2D eigenvalue weighted by Crippen LogP contribution is -2.28. The lowest BCUT2D eigenvalue weighted by Gasteiger charge is -2.35. The highest BCUT2D eigenvalue weighted by molar-refractivity contribution is 5.96. The first-order valence-electron chi connectivity index (χ1n) is 4.89. The summed E-state index contributed by atoms with van der Waals surface area (Å²) in [5.41, 5.74) is 1.65. The quantitative estimate of drug-likeness (QED) is 0.538. The SMILES string of the molecule is C[C@@H]1C(=O)C=C2CCCC[C@]21C. The Morgan fingerprint density at radius 1 is 1.50 bits per heavy atom. The first-order chi connectivity index (χ1) is 5.64. The van der Waals surface area contributed by atoms with Crippen LogP contribution in [0.4, 0.5) is 0 Å². The maximum absolute atomic E-state index is 11.5. The molecule has 0 radical (unpaired) electrons. The second kappa shape index (κ2) is 2.45. The van der Waals surface area contributed by atoms with Crippen LogP contribution in [0.5, 0.6) is 0 Å². The number of carbonyl (C=O) groups excluding carboxylic acids is 1. The van der Waals surface area contributed by atoms with Gasteiger partial charge >= 0.3 is 0 Å². The Morgan fingerprint density at radius 2 is 2.25 bits per heavy atom. The van der Waals surface area contributed by atoms with Crippen LogP contribution in [0, 0.1) is 11.3 Å².